The lowest BCUT2D eigenvalue weighted by Crippen LogP contribution is -2.46. The van der Waals surface area contributed by atoms with Gasteiger partial charge in [-0.05, 0) is 55.9 Å². The molecule has 10 heteroatoms. The molecule has 0 unspecified atom stereocenters. The largest absolute Gasteiger partial charge is 0.342 e. The molecule has 0 saturated carbocycles. The Labute approximate surface area is 189 Å². The number of halogens is 1. The van der Waals surface area contributed by atoms with E-state index in [1.54, 1.807) is 4.90 Å². The summed E-state index contributed by atoms with van der Waals surface area (Å²) in [6, 6.07) is 5.36. The summed E-state index contributed by atoms with van der Waals surface area (Å²) >= 11 is 0.920. The van der Waals surface area contributed by atoms with Crippen LogP contribution in [0.3, 0.4) is 0 Å². The minimum absolute atomic E-state index is 0.0427. The first kappa shape index (κ1) is 22.3. The maximum Gasteiger partial charge on any atom is 0.286 e. The van der Waals surface area contributed by atoms with Gasteiger partial charge in [0.05, 0.1) is 0 Å². The number of amides is 3. The molecule has 8 nitrogen and oxygen atoms in total. The van der Waals surface area contributed by atoms with Gasteiger partial charge in [-0.2, -0.15) is 0 Å². The van der Waals surface area contributed by atoms with Gasteiger partial charge in [-0.3, -0.25) is 14.4 Å². The molecule has 0 radical (unpaired) electrons. The normalized spacial score (nSPS) is 17.9. The SMILES string of the molecule is CC1CCN(C(=O)C2CCN(C(=O)c3nnc(C(=O)Nc4ccc(F)cc4)s3)CC2)CC1. The number of benzene rings is 1. The molecule has 0 atom stereocenters. The number of carbonyl (C=O) groups is 3. The van der Waals surface area contributed by atoms with Crippen molar-refractivity contribution >= 4 is 34.7 Å². The quantitative estimate of drug-likeness (QED) is 0.758. The van der Waals surface area contributed by atoms with E-state index in [0.29, 0.717) is 37.5 Å². The minimum atomic E-state index is -0.506. The van der Waals surface area contributed by atoms with Gasteiger partial charge in [-0.25, -0.2) is 4.39 Å². The zero-order valence-corrected chi connectivity index (χ0v) is 18.7. The number of hydrogen-bond donors (Lipinski definition) is 1. The van der Waals surface area contributed by atoms with E-state index in [0.717, 1.165) is 37.3 Å². The molecule has 2 saturated heterocycles. The number of rotatable bonds is 4. The first-order chi connectivity index (χ1) is 15.4. The van der Waals surface area contributed by atoms with Gasteiger partial charge in [0, 0.05) is 37.8 Å². The molecule has 1 aromatic carbocycles. The standard InChI is InChI=1S/C22H26FN5O3S/c1-14-6-10-27(11-7-14)21(30)15-8-12-28(13-9-15)22(31)20-26-25-19(32-20)18(29)24-17-4-2-16(23)3-5-17/h2-5,14-15H,6-13H2,1H3,(H,24,29). The number of carbonyl (C=O) groups excluding carboxylic acids is 3. The van der Waals surface area contributed by atoms with E-state index in [4.69, 9.17) is 0 Å². The lowest BCUT2D eigenvalue weighted by Gasteiger charge is -2.36. The number of nitrogens with zero attached hydrogens (tertiary/aromatic N) is 4. The van der Waals surface area contributed by atoms with Crippen molar-refractivity contribution in [1.82, 2.24) is 20.0 Å². The lowest BCUT2D eigenvalue weighted by molar-refractivity contribution is -0.138. The molecule has 1 aromatic heterocycles. The summed E-state index contributed by atoms with van der Waals surface area (Å²) in [7, 11) is 0. The Kier molecular flexibility index (Phi) is 6.78. The molecule has 1 N–H and O–H groups in total. The van der Waals surface area contributed by atoms with E-state index in [-0.39, 0.29) is 27.7 Å². The molecular weight excluding hydrogens is 433 g/mol. The van der Waals surface area contributed by atoms with Crippen LogP contribution in [-0.2, 0) is 4.79 Å². The Hall–Kier alpha value is -2.88. The number of likely N-dealkylation sites (tertiary alicyclic amines) is 2. The van der Waals surface area contributed by atoms with Gasteiger partial charge in [-0.1, -0.05) is 18.3 Å². The van der Waals surface area contributed by atoms with Crippen LogP contribution in [0.15, 0.2) is 24.3 Å². The van der Waals surface area contributed by atoms with Crippen molar-refractivity contribution in [1.29, 1.82) is 0 Å². The number of aromatic nitrogens is 2. The van der Waals surface area contributed by atoms with Crippen molar-refractivity contribution in [3.05, 3.63) is 40.1 Å². The highest BCUT2D eigenvalue weighted by Gasteiger charge is 2.32. The van der Waals surface area contributed by atoms with Crippen molar-refractivity contribution in [3.63, 3.8) is 0 Å². The maximum atomic E-state index is 13.0. The smallest absolute Gasteiger partial charge is 0.286 e. The second-order valence-electron chi connectivity index (χ2n) is 8.45. The van der Waals surface area contributed by atoms with Crippen molar-refractivity contribution < 1.29 is 18.8 Å². The molecule has 4 rings (SSSR count). The zero-order chi connectivity index (χ0) is 22.7. The Balaban J connectivity index is 1.30. The fourth-order valence-electron chi connectivity index (χ4n) is 4.07. The van der Waals surface area contributed by atoms with Gasteiger partial charge < -0.3 is 15.1 Å². The molecule has 3 amide bonds. The second-order valence-corrected chi connectivity index (χ2v) is 9.43. The number of hydrogen-bond acceptors (Lipinski definition) is 6. The van der Waals surface area contributed by atoms with Crippen LogP contribution in [0.1, 0.15) is 52.2 Å². The minimum Gasteiger partial charge on any atom is -0.342 e. The molecule has 0 bridgehead atoms. The third-order valence-corrected chi connectivity index (χ3v) is 7.04. The summed E-state index contributed by atoms with van der Waals surface area (Å²) in [5.74, 6) is -0.344. The van der Waals surface area contributed by atoms with Crippen molar-refractivity contribution in [2.45, 2.75) is 32.6 Å². The first-order valence-electron chi connectivity index (χ1n) is 10.9. The molecule has 2 fully saturated rings. The predicted molar refractivity (Wildman–Crippen MR) is 118 cm³/mol. The highest BCUT2D eigenvalue weighted by molar-refractivity contribution is 7.15. The Bertz CT molecular complexity index is 980. The Morgan fingerprint density at radius 3 is 2.19 bits per heavy atom. The molecule has 32 heavy (non-hydrogen) atoms. The molecule has 0 aliphatic carbocycles. The van der Waals surface area contributed by atoms with Gasteiger partial charge in [-0.15, -0.1) is 10.2 Å². The van der Waals surface area contributed by atoms with Crippen LogP contribution in [0.2, 0.25) is 0 Å². The summed E-state index contributed by atoms with van der Waals surface area (Å²) in [6.07, 6.45) is 3.37. The van der Waals surface area contributed by atoms with Crippen LogP contribution >= 0.6 is 11.3 Å². The Morgan fingerprint density at radius 1 is 0.938 bits per heavy atom. The summed E-state index contributed by atoms with van der Waals surface area (Å²) in [6.45, 7) is 4.84. The summed E-state index contributed by atoms with van der Waals surface area (Å²) in [5, 5.41) is 10.5. The van der Waals surface area contributed by atoms with E-state index in [2.05, 4.69) is 22.4 Å². The van der Waals surface area contributed by atoms with E-state index >= 15 is 0 Å². The summed E-state index contributed by atoms with van der Waals surface area (Å²) in [4.78, 5) is 41.6. The lowest BCUT2D eigenvalue weighted by atomic mass is 9.92. The topological polar surface area (TPSA) is 95.5 Å². The van der Waals surface area contributed by atoms with E-state index < -0.39 is 11.7 Å². The molecule has 3 heterocycles. The molecule has 2 aromatic rings. The van der Waals surface area contributed by atoms with Crippen molar-refractivity contribution in [2.24, 2.45) is 11.8 Å². The summed E-state index contributed by atoms with van der Waals surface area (Å²) in [5.41, 5.74) is 0.425. The van der Waals surface area contributed by atoms with E-state index in [1.165, 1.54) is 24.3 Å². The average Bonchev–Trinajstić information content (AvgIpc) is 3.31. The average molecular weight is 460 g/mol. The zero-order valence-electron chi connectivity index (χ0n) is 17.9. The van der Waals surface area contributed by atoms with Crippen LogP contribution in [0.5, 0.6) is 0 Å². The fraction of sp³-hybridized carbons (Fsp3) is 0.500. The molecule has 0 spiro atoms. The van der Waals surface area contributed by atoms with Gasteiger partial charge in [0.25, 0.3) is 11.8 Å². The van der Waals surface area contributed by atoms with Crippen molar-refractivity contribution in [3.8, 4) is 0 Å². The number of anilines is 1. The Morgan fingerprint density at radius 2 is 1.53 bits per heavy atom. The van der Waals surface area contributed by atoms with E-state index in [1.807, 2.05) is 4.90 Å². The predicted octanol–water partition coefficient (Wildman–Crippen LogP) is 3.04. The second kappa shape index (κ2) is 9.72. The van der Waals surface area contributed by atoms with E-state index in [9.17, 15) is 18.8 Å². The fourth-order valence-corrected chi connectivity index (χ4v) is 4.78. The van der Waals surface area contributed by atoms with Crippen LogP contribution in [0.4, 0.5) is 10.1 Å². The number of nitrogens with one attached hydrogen (secondary N) is 1. The van der Waals surface area contributed by atoms with Gasteiger partial charge >= 0.3 is 0 Å². The van der Waals surface area contributed by atoms with Crippen LogP contribution in [-0.4, -0.2) is 63.9 Å². The van der Waals surface area contributed by atoms with Gasteiger partial charge in [0.1, 0.15) is 5.82 Å². The van der Waals surface area contributed by atoms with Gasteiger partial charge in [0.2, 0.25) is 15.9 Å². The maximum absolute atomic E-state index is 13.0. The number of piperidine rings is 2. The van der Waals surface area contributed by atoms with Crippen molar-refractivity contribution in [2.75, 3.05) is 31.5 Å². The highest BCUT2D eigenvalue weighted by atomic mass is 32.1. The van der Waals surface area contributed by atoms with Crippen LogP contribution < -0.4 is 5.32 Å². The van der Waals surface area contributed by atoms with Gasteiger partial charge in [0.15, 0.2) is 0 Å². The third-order valence-electron chi connectivity index (χ3n) is 6.13. The van der Waals surface area contributed by atoms with Crippen LogP contribution in [0.25, 0.3) is 0 Å². The highest BCUT2D eigenvalue weighted by Crippen LogP contribution is 2.25. The third kappa shape index (κ3) is 5.12. The summed E-state index contributed by atoms with van der Waals surface area (Å²) < 4.78 is 13.0. The molecule has 2 aliphatic rings. The monoisotopic (exact) mass is 459 g/mol. The molecule has 2 aliphatic heterocycles. The molecule has 170 valence electrons. The van der Waals surface area contributed by atoms with Crippen LogP contribution in [0, 0.1) is 17.7 Å². The molecular formula is C22H26FN5O3S. The first-order valence-corrected chi connectivity index (χ1v) is 11.7.